The molecule has 1 aliphatic rings. The molecule has 1 N–H and O–H groups in total. The summed E-state index contributed by atoms with van der Waals surface area (Å²) in [5.41, 5.74) is 2.33. The molecule has 1 atom stereocenters. The number of ketones is 1. The van der Waals surface area contributed by atoms with Gasteiger partial charge >= 0.3 is 0 Å². The van der Waals surface area contributed by atoms with Crippen LogP contribution in [0.15, 0.2) is 66.2 Å². The number of carbonyl (C=O) groups is 2. The number of aliphatic hydroxyl groups is 1. The number of Topliss-reactive ketones (excluding diaryl/α,β-unsaturated/α-hetero) is 1. The number of aryl methyl sites for hydroxylation is 1. The zero-order chi connectivity index (χ0) is 26.1. The molecule has 1 amide bonds. The van der Waals surface area contributed by atoms with Gasteiger partial charge in [-0.2, -0.15) is 5.26 Å². The van der Waals surface area contributed by atoms with Crippen molar-refractivity contribution in [1.82, 2.24) is 0 Å². The summed E-state index contributed by atoms with van der Waals surface area (Å²) in [5.74, 6) is -2.14. The number of nitrogens with zero attached hydrogens (tertiary/aromatic N) is 2. The number of halogens is 1. The Morgan fingerprint density at radius 2 is 1.78 bits per heavy atom. The minimum absolute atomic E-state index is 0.0514. The number of rotatable bonds is 5. The van der Waals surface area contributed by atoms with E-state index in [0.717, 1.165) is 10.5 Å². The largest absolute Gasteiger partial charge is 0.507 e. The van der Waals surface area contributed by atoms with Crippen molar-refractivity contribution in [1.29, 1.82) is 5.26 Å². The molecular weight excluding hydrogens is 459 g/mol. The summed E-state index contributed by atoms with van der Waals surface area (Å²) in [5, 5.41) is 20.6. The van der Waals surface area contributed by atoms with Crippen LogP contribution in [0.4, 0.5) is 10.1 Å². The fraction of sp³-hybridized carbons (Fsp3) is 0.207. The molecule has 36 heavy (non-hydrogen) atoms. The predicted octanol–water partition coefficient (Wildman–Crippen LogP) is 5.76. The average molecular weight is 485 g/mol. The summed E-state index contributed by atoms with van der Waals surface area (Å²) >= 11 is 0. The summed E-state index contributed by atoms with van der Waals surface area (Å²) < 4.78 is 20.6. The first-order valence-corrected chi connectivity index (χ1v) is 11.4. The third-order valence-corrected chi connectivity index (χ3v) is 6.37. The minimum atomic E-state index is -1.21. The number of hydrogen-bond acceptors (Lipinski definition) is 5. The van der Waals surface area contributed by atoms with Crippen molar-refractivity contribution in [3.63, 3.8) is 0 Å². The molecule has 6 nitrogen and oxygen atoms in total. The van der Waals surface area contributed by atoms with E-state index in [2.05, 4.69) is 0 Å². The first kappa shape index (κ1) is 24.7. The zero-order valence-electron chi connectivity index (χ0n) is 20.4. The van der Waals surface area contributed by atoms with E-state index >= 15 is 4.39 Å². The van der Waals surface area contributed by atoms with Gasteiger partial charge in [0, 0.05) is 16.8 Å². The zero-order valence-corrected chi connectivity index (χ0v) is 20.4. The van der Waals surface area contributed by atoms with Crippen LogP contribution in [0.3, 0.4) is 0 Å². The van der Waals surface area contributed by atoms with Crippen molar-refractivity contribution >= 4 is 23.1 Å². The summed E-state index contributed by atoms with van der Waals surface area (Å²) in [6, 6.07) is 16.2. The highest BCUT2D eigenvalue weighted by Crippen LogP contribution is 2.44. The summed E-state index contributed by atoms with van der Waals surface area (Å²) in [6.07, 6.45) is 0. The van der Waals surface area contributed by atoms with Crippen LogP contribution in [0.5, 0.6) is 5.75 Å². The van der Waals surface area contributed by atoms with Gasteiger partial charge in [0.25, 0.3) is 11.7 Å². The molecule has 1 unspecified atom stereocenters. The van der Waals surface area contributed by atoms with E-state index in [-0.39, 0.29) is 22.8 Å². The van der Waals surface area contributed by atoms with Crippen molar-refractivity contribution in [2.45, 2.75) is 32.7 Å². The molecule has 0 radical (unpaired) electrons. The van der Waals surface area contributed by atoms with Crippen LogP contribution < -0.4 is 9.64 Å². The number of benzene rings is 3. The van der Waals surface area contributed by atoms with E-state index in [9.17, 15) is 14.7 Å². The second kappa shape index (κ2) is 9.67. The number of carbonyl (C=O) groups excluding carboxylic acids is 2. The second-order valence-electron chi connectivity index (χ2n) is 8.91. The molecule has 0 aromatic heterocycles. The smallest absolute Gasteiger partial charge is 0.300 e. The number of nitriles is 1. The van der Waals surface area contributed by atoms with Gasteiger partial charge in [-0.3, -0.25) is 14.5 Å². The Labute approximate surface area is 208 Å². The average Bonchev–Trinajstić information content (AvgIpc) is 3.13. The Bertz CT molecular complexity index is 1430. The lowest BCUT2D eigenvalue weighted by atomic mass is 9.90. The summed E-state index contributed by atoms with van der Waals surface area (Å²) in [7, 11) is 1.56. The molecule has 1 saturated heterocycles. The van der Waals surface area contributed by atoms with Crippen LogP contribution in [0, 0.1) is 24.1 Å². The predicted molar refractivity (Wildman–Crippen MR) is 134 cm³/mol. The number of anilines is 1. The van der Waals surface area contributed by atoms with Gasteiger partial charge in [0.05, 0.1) is 30.4 Å². The lowest BCUT2D eigenvalue weighted by molar-refractivity contribution is -0.132. The number of aliphatic hydroxyl groups excluding tert-OH is 1. The van der Waals surface area contributed by atoms with Crippen molar-refractivity contribution in [3.8, 4) is 11.8 Å². The van der Waals surface area contributed by atoms with Gasteiger partial charge in [-0.1, -0.05) is 32.0 Å². The highest BCUT2D eigenvalue weighted by molar-refractivity contribution is 6.51. The van der Waals surface area contributed by atoms with Gasteiger partial charge in [-0.25, -0.2) is 4.39 Å². The standard InChI is InChI=1S/C29H25FN2O4/c1-16(2)21-14-22(17(3)13-24(21)36-4)27(33)25-26(20-7-5-6-8-23(20)30)32(29(35)28(25)34)19-11-9-18(15-31)10-12-19/h5-14,16,26,33H,1-4H3/b27-25+. The number of ether oxygens (including phenoxy) is 1. The topological polar surface area (TPSA) is 90.6 Å². The van der Waals surface area contributed by atoms with E-state index in [0.29, 0.717) is 28.1 Å². The van der Waals surface area contributed by atoms with Gasteiger partial charge < -0.3 is 9.84 Å². The van der Waals surface area contributed by atoms with Gasteiger partial charge in [-0.05, 0) is 66.4 Å². The van der Waals surface area contributed by atoms with E-state index in [4.69, 9.17) is 10.00 Å². The Kier molecular flexibility index (Phi) is 6.63. The quantitative estimate of drug-likeness (QED) is 0.282. The SMILES string of the molecule is COc1cc(C)c(/C(O)=C2\C(=O)C(=O)N(c3ccc(C#N)cc3)C2c2ccccc2F)cc1C(C)C. The Morgan fingerprint density at radius 1 is 1.11 bits per heavy atom. The first-order chi connectivity index (χ1) is 17.2. The third kappa shape index (κ3) is 4.11. The third-order valence-electron chi connectivity index (χ3n) is 6.37. The fourth-order valence-electron chi connectivity index (χ4n) is 4.51. The van der Waals surface area contributed by atoms with Crippen LogP contribution in [0.25, 0.3) is 5.76 Å². The molecule has 3 aromatic rings. The molecular formula is C29H25FN2O4. The molecule has 7 heteroatoms. The maximum absolute atomic E-state index is 15.1. The monoisotopic (exact) mass is 484 g/mol. The summed E-state index contributed by atoms with van der Waals surface area (Å²) in [6.45, 7) is 5.71. The van der Waals surface area contributed by atoms with E-state index in [1.54, 1.807) is 32.2 Å². The van der Waals surface area contributed by atoms with Crippen molar-refractivity contribution < 1.29 is 23.8 Å². The van der Waals surface area contributed by atoms with E-state index in [1.807, 2.05) is 19.9 Å². The molecule has 0 bridgehead atoms. The molecule has 1 heterocycles. The van der Waals surface area contributed by atoms with Crippen molar-refractivity contribution in [2.24, 2.45) is 0 Å². The second-order valence-corrected chi connectivity index (χ2v) is 8.91. The first-order valence-electron chi connectivity index (χ1n) is 11.4. The van der Waals surface area contributed by atoms with Gasteiger partial charge in [0.2, 0.25) is 0 Å². The van der Waals surface area contributed by atoms with Crippen LogP contribution in [0.1, 0.15) is 53.6 Å². The van der Waals surface area contributed by atoms with Gasteiger partial charge in [-0.15, -0.1) is 0 Å². The molecule has 0 spiro atoms. The number of methoxy groups -OCH3 is 1. The van der Waals surface area contributed by atoms with Crippen molar-refractivity contribution in [2.75, 3.05) is 12.0 Å². The van der Waals surface area contributed by atoms with E-state index < -0.39 is 23.5 Å². The van der Waals surface area contributed by atoms with Crippen molar-refractivity contribution in [3.05, 3.63) is 99.9 Å². The van der Waals surface area contributed by atoms with Gasteiger partial charge in [0.1, 0.15) is 17.3 Å². The molecule has 1 fully saturated rings. The molecule has 0 saturated carbocycles. The van der Waals surface area contributed by atoms with E-state index in [1.165, 1.54) is 42.5 Å². The Balaban J connectivity index is 2.00. The highest BCUT2D eigenvalue weighted by atomic mass is 19.1. The highest BCUT2D eigenvalue weighted by Gasteiger charge is 2.48. The van der Waals surface area contributed by atoms with Crippen LogP contribution >= 0.6 is 0 Å². The fourth-order valence-corrected chi connectivity index (χ4v) is 4.51. The maximum atomic E-state index is 15.1. The minimum Gasteiger partial charge on any atom is -0.507 e. The number of amides is 1. The maximum Gasteiger partial charge on any atom is 0.300 e. The van der Waals surface area contributed by atoms with Crippen LogP contribution in [-0.2, 0) is 9.59 Å². The molecule has 0 aliphatic carbocycles. The normalized spacial score (nSPS) is 16.9. The molecule has 1 aliphatic heterocycles. The lowest BCUT2D eigenvalue weighted by Gasteiger charge is -2.26. The van der Waals surface area contributed by atoms with Crippen LogP contribution in [0.2, 0.25) is 0 Å². The Hall–Kier alpha value is -4.44. The molecule has 3 aromatic carbocycles. The summed E-state index contributed by atoms with van der Waals surface area (Å²) in [4.78, 5) is 27.8. The lowest BCUT2D eigenvalue weighted by Crippen LogP contribution is -2.29. The van der Waals surface area contributed by atoms with Crippen LogP contribution in [-0.4, -0.2) is 23.9 Å². The Morgan fingerprint density at radius 3 is 2.36 bits per heavy atom. The number of hydrogen-bond donors (Lipinski definition) is 1. The molecule has 182 valence electrons. The van der Waals surface area contributed by atoms with Gasteiger partial charge in [0.15, 0.2) is 0 Å². The molecule has 4 rings (SSSR count).